The first-order chi connectivity index (χ1) is 14.3. The van der Waals surface area contributed by atoms with E-state index in [4.69, 9.17) is 10.00 Å². The number of nitriles is 1. The van der Waals surface area contributed by atoms with Crippen LogP contribution in [0.15, 0.2) is 23.1 Å². The number of carbonyl (C=O) groups is 1. The fourth-order valence-corrected chi connectivity index (χ4v) is 4.97. The van der Waals surface area contributed by atoms with E-state index < -0.39 is 10.0 Å². The Labute approximate surface area is 179 Å². The summed E-state index contributed by atoms with van der Waals surface area (Å²) in [4.78, 5) is 14.6. The van der Waals surface area contributed by atoms with Crippen molar-refractivity contribution in [2.45, 2.75) is 44.9 Å². The highest BCUT2D eigenvalue weighted by Gasteiger charge is 2.27. The number of carbonyl (C=O) groups excluding carboxylic acids is 1. The third kappa shape index (κ3) is 6.42. The van der Waals surface area contributed by atoms with Crippen molar-refractivity contribution < 1.29 is 17.9 Å². The second-order valence-corrected chi connectivity index (χ2v) is 9.40. The van der Waals surface area contributed by atoms with Crippen LogP contribution >= 0.6 is 0 Å². The molecule has 0 aromatic heterocycles. The molecule has 1 fully saturated rings. The van der Waals surface area contributed by atoms with Crippen molar-refractivity contribution in [3.8, 4) is 11.8 Å². The molecule has 1 N–H and O–H groups in total. The Hall–Kier alpha value is -2.15. The first kappa shape index (κ1) is 24.1. The highest BCUT2D eigenvalue weighted by Crippen LogP contribution is 2.30. The maximum absolute atomic E-state index is 13.0. The molecule has 1 aliphatic rings. The number of ether oxygens (including phenoxy) is 1. The minimum Gasteiger partial charge on any atom is -0.492 e. The van der Waals surface area contributed by atoms with Gasteiger partial charge in [-0.05, 0) is 51.4 Å². The lowest BCUT2D eigenvalue weighted by Gasteiger charge is -2.26. The van der Waals surface area contributed by atoms with Crippen LogP contribution < -0.4 is 10.1 Å². The van der Waals surface area contributed by atoms with E-state index in [9.17, 15) is 13.2 Å². The average molecular weight is 437 g/mol. The van der Waals surface area contributed by atoms with Crippen LogP contribution in [0, 0.1) is 17.2 Å². The van der Waals surface area contributed by atoms with Crippen molar-refractivity contribution in [3.63, 3.8) is 0 Å². The number of likely N-dealkylation sites (N-methyl/N-ethyl adjacent to an activating group) is 1. The van der Waals surface area contributed by atoms with Crippen LogP contribution in [0.2, 0.25) is 0 Å². The average Bonchev–Trinajstić information content (AvgIpc) is 2.74. The van der Waals surface area contributed by atoms with Gasteiger partial charge in [0.1, 0.15) is 5.75 Å². The topological polar surface area (TPSA) is 103 Å². The monoisotopic (exact) mass is 436 g/mol. The van der Waals surface area contributed by atoms with Crippen molar-refractivity contribution in [2.75, 3.05) is 44.6 Å². The summed E-state index contributed by atoms with van der Waals surface area (Å²) >= 11 is 0. The van der Waals surface area contributed by atoms with E-state index in [1.807, 2.05) is 25.7 Å². The number of rotatable bonds is 10. The van der Waals surface area contributed by atoms with Crippen LogP contribution in [-0.2, 0) is 14.8 Å². The molecular formula is C21H32N4O4S. The molecule has 1 atom stereocenters. The molecule has 0 saturated carbocycles. The zero-order valence-electron chi connectivity index (χ0n) is 18.1. The van der Waals surface area contributed by atoms with Gasteiger partial charge in [-0.15, -0.1) is 0 Å². The van der Waals surface area contributed by atoms with Gasteiger partial charge in [0.25, 0.3) is 0 Å². The van der Waals surface area contributed by atoms with Gasteiger partial charge < -0.3 is 10.1 Å². The van der Waals surface area contributed by atoms with Gasteiger partial charge in [-0.2, -0.15) is 9.57 Å². The Morgan fingerprint density at radius 2 is 2.00 bits per heavy atom. The minimum absolute atomic E-state index is 0.108. The van der Waals surface area contributed by atoms with Gasteiger partial charge in [0, 0.05) is 19.6 Å². The van der Waals surface area contributed by atoms with Gasteiger partial charge in [-0.25, -0.2) is 8.42 Å². The van der Waals surface area contributed by atoms with E-state index in [0.29, 0.717) is 44.2 Å². The number of nitrogens with zero attached hydrogens (tertiary/aromatic N) is 3. The molecule has 1 aromatic rings. The van der Waals surface area contributed by atoms with Crippen molar-refractivity contribution in [3.05, 3.63) is 18.2 Å². The maximum Gasteiger partial charge on any atom is 0.243 e. The van der Waals surface area contributed by atoms with E-state index in [1.54, 1.807) is 6.07 Å². The number of benzene rings is 1. The first-order valence-corrected chi connectivity index (χ1v) is 11.9. The summed E-state index contributed by atoms with van der Waals surface area (Å²) in [5.74, 6) is -0.0397. The van der Waals surface area contributed by atoms with E-state index in [0.717, 1.165) is 19.3 Å². The van der Waals surface area contributed by atoms with Crippen molar-refractivity contribution in [1.29, 1.82) is 5.26 Å². The molecule has 1 aliphatic heterocycles. The maximum atomic E-state index is 13.0. The lowest BCUT2D eigenvalue weighted by molar-refractivity contribution is -0.117. The predicted octanol–water partition coefficient (Wildman–Crippen LogP) is 2.68. The third-order valence-electron chi connectivity index (χ3n) is 5.04. The molecule has 1 amide bonds. The highest BCUT2D eigenvalue weighted by atomic mass is 32.2. The number of anilines is 1. The van der Waals surface area contributed by atoms with E-state index in [1.165, 1.54) is 16.4 Å². The second-order valence-electron chi connectivity index (χ2n) is 7.46. The summed E-state index contributed by atoms with van der Waals surface area (Å²) in [5.41, 5.74) is 0.337. The van der Waals surface area contributed by atoms with Crippen LogP contribution in [0.25, 0.3) is 0 Å². The number of hydrogen-bond donors (Lipinski definition) is 1. The van der Waals surface area contributed by atoms with Crippen LogP contribution in [0.4, 0.5) is 5.69 Å². The summed E-state index contributed by atoms with van der Waals surface area (Å²) in [6.07, 6.45) is 2.75. The molecule has 1 heterocycles. The van der Waals surface area contributed by atoms with Gasteiger partial charge in [0.2, 0.25) is 15.9 Å². The lowest BCUT2D eigenvalue weighted by atomic mass is 10.2. The Balaban J connectivity index is 2.21. The van der Waals surface area contributed by atoms with Crippen LogP contribution in [0.3, 0.4) is 0 Å². The molecule has 30 heavy (non-hydrogen) atoms. The lowest BCUT2D eigenvalue weighted by Crippen LogP contribution is -2.36. The van der Waals surface area contributed by atoms with Gasteiger partial charge in [-0.1, -0.05) is 13.3 Å². The molecule has 2 rings (SSSR count). The molecule has 0 radical (unpaired) electrons. The van der Waals surface area contributed by atoms with Crippen LogP contribution in [-0.4, -0.2) is 62.9 Å². The minimum atomic E-state index is -3.62. The van der Waals surface area contributed by atoms with Crippen LogP contribution in [0.1, 0.15) is 40.0 Å². The number of amides is 1. The molecule has 1 unspecified atom stereocenters. The number of piperidine rings is 1. The Bertz CT molecular complexity index is 860. The highest BCUT2D eigenvalue weighted by molar-refractivity contribution is 7.89. The SMILES string of the molecule is CCOc1ccc(S(=O)(=O)N2CCCCC2)cc1NC(=O)CN(CC)CC(C)C#N. The smallest absolute Gasteiger partial charge is 0.243 e. The summed E-state index contributed by atoms with van der Waals surface area (Å²) in [6.45, 7) is 8.20. The van der Waals surface area contributed by atoms with Crippen molar-refractivity contribution in [1.82, 2.24) is 9.21 Å². The zero-order valence-corrected chi connectivity index (χ0v) is 18.9. The van der Waals surface area contributed by atoms with E-state index in [2.05, 4.69) is 11.4 Å². The first-order valence-electron chi connectivity index (χ1n) is 10.5. The van der Waals surface area contributed by atoms with Gasteiger partial charge in [-0.3, -0.25) is 9.69 Å². The molecule has 8 nitrogen and oxygen atoms in total. The number of sulfonamides is 1. The van der Waals surface area contributed by atoms with Gasteiger partial charge in [0.15, 0.2) is 0 Å². The van der Waals surface area contributed by atoms with Gasteiger partial charge in [0.05, 0.1) is 35.7 Å². The molecule has 1 saturated heterocycles. The fraction of sp³-hybridized carbons (Fsp3) is 0.619. The fourth-order valence-electron chi connectivity index (χ4n) is 3.43. The quantitative estimate of drug-likeness (QED) is 0.605. The second kappa shape index (κ2) is 11.3. The normalized spacial score (nSPS) is 16.1. The standard InChI is InChI=1S/C21H32N4O4S/c1-4-24(15-17(3)14-22)16-21(26)23-19-13-18(9-10-20(19)29-5-2)30(27,28)25-11-7-6-8-12-25/h9-10,13,17H,4-8,11-12,15-16H2,1-3H3,(H,23,26). The Morgan fingerprint density at radius 1 is 1.30 bits per heavy atom. The molecule has 0 spiro atoms. The summed E-state index contributed by atoms with van der Waals surface area (Å²) in [6, 6.07) is 6.76. The van der Waals surface area contributed by atoms with Crippen molar-refractivity contribution >= 4 is 21.6 Å². The number of hydrogen-bond acceptors (Lipinski definition) is 6. The summed E-state index contributed by atoms with van der Waals surface area (Å²) in [7, 11) is -3.62. The zero-order chi connectivity index (χ0) is 22.1. The largest absolute Gasteiger partial charge is 0.492 e. The molecule has 9 heteroatoms. The molecule has 0 bridgehead atoms. The predicted molar refractivity (Wildman–Crippen MR) is 116 cm³/mol. The molecule has 1 aromatic carbocycles. The Morgan fingerprint density at radius 3 is 2.60 bits per heavy atom. The summed E-state index contributed by atoms with van der Waals surface area (Å²) in [5, 5.41) is 11.8. The molecular weight excluding hydrogens is 404 g/mol. The van der Waals surface area contributed by atoms with Crippen molar-refractivity contribution in [2.24, 2.45) is 5.92 Å². The Kier molecular flexibility index (Phi) is 9.08. The van der Waals surface area contributed by atoms with E-state index >= 15 is 0 Å². The summed E-state index contributed by atoms with van der Waals surface area (Å²) < 4.78 is 33.1. The van der Waals surface area contributed by atoms with E-state index in [-0.39, 0.29) is 23.3 Å². The third-order valence-corrected chi connectivity index (χ3v) is 6.94. The number of nitrogens with one attached hydrogen (secondary N) is 1. The van der Waals surface area contributed by atoms with Crippen LogP contribution in [0.5, 0.6) is 5.75 Å². The van der Waals surface area contributed by atoms with Gasteiger partial charge >= 0.3 is 0 Å². The molecule has 0 aliphatic carbocycles. The molecule has 166 valence electrons.